The zero-order chi connectivity index (χ0) is 12.3. The maximum absolute atomic E-state index is 11.8. The highest BCUT2D eigenvalue weighted by molar-refractivity contribution is 7.93. The van der Waals surface area contributed by atoms with Crippen LogP contribution in [0, 0.1) is 0 Å². The Morgan fingerprint density at radius 3 is 2.62 bits per heavy atom. The Morgan fingerprint density at radius 2 is 2.19 bits per heavy atom. The molecule has 0 bridgehead atoms. The fourth-order valence-corrected chi connectivity index (χ4v) is 1.76. The Kier molecular flexibility index (Phi) is 3.85. The molecular formula is C10H17N3O2S. The third-order valence-corrected chi connectivity index (χ3v) is 3.95. The summed E-state index contributed by atoms with van der Waals surface area (Å²) in [5.41, 5.74) is 1.22. The molecule has 1 aromatic rings. The van der Waals surface area contributed by atoms with Crippen molar-refractivity contribution in [2.24, 2.45) is 11.4 Å². The van der Waals surface area contributed by atoms with Crippen LogP contribution in [0.25, 0.3) is 0 Å². The van der Waals surface area contributed by atoms with Crippen LogP contribution in [-0.4, -0.2) is 31.9 Å². The number of amides is 1. The molecule has 1 rings (SSSR count). The number of carbonyl (C=O) groups excluding carboxylic acids is 1. The topological polar surface area (TPSA) is 64.3 Å². The van der Waals surface area contributed by atoms with Gasteiger partial charge in [0.1, 0.15) is 5.69 Å². The van der Waals surface area contributed by atoms with Crippen LogP contribution in [0.4, 0.5) is 0 Å². The first kappa shape index (κ1) is 12.9. The van der Waals surface area contributed by atoms with E-state index in [4.69, 9.17) is 0 Å². The van der Waals surface area contributed by atoms with Gasteiger partial charge in [0.25, 0.3) is 0 Å². The Balaban J connectivity index is 3.11. The van der Waals surface area contributed by atoms with Gasteiger partial charge in [-0.05, 0) is 12.5 Å². The molecule has 1 aromatic heterocycles. The van der Waals surface area contributed by atoms with Crippen molar-refractivity contribution in [1.82, 2.24) is 9.78 Å². The lowest BCUT2D eigenvalue weighted by Gasteiger charge is -1.99. The summed E-state index contributed by atoms with van der Waals surface area (Å²) in [4.78, 5) is 11.8. The second-order valence-corrected chi connectivity index (χ2v) is 6.32. The number of rotatable bonds is 3. The van der Waals surface area contributed by atoms with Crippen molar-refractivity contribution in [2.45, 2.75) is 20.3 Å². The Labute approximate surface area is 96.0 Å². The Morgan fingerprint density at radius 1 is 1.56 bits per heavy atom. The summed E-state index contributed by atoms with van der Waals surface area (Å²) in [6, 6.07) is 1.69. The van der Waals surface area contributed by atoms with Crippen LogP contribution in [0.15, 0.2) is 10.4 Å². The predicted octanol–water partition coefficient (Wildman–Crippen LogP) is 1.24. The van der Waals surface area contributed by atoms with E-state index >= 15 is 0 Å². The predicted molar refractivity (Wildman–Crippen MR) is 64.0 cm³/mol. The van der Waals surface area contributed by atoms with Gasteiger partial charge in [0.05, 0.1) is 15.4 Å². The first-order valence-corrected chi connectivity index (χ1v) is 7.26. The van der Waals surface area contributed by atoms with Crippen molar-refractivity contribution in [3.63, 3.8) is 0 Å². The van der Waals surface area contributed by atoms with Gasteiger partial charge in [-0.3, -0.25) is 9.48 Å². The van der Waals surface area contributed by atoms with Crippen LogP contribution in [0.2, 0.25) is 0 Å². The molecule has 0 aromatic carbocycles. The molecule has 1 atom stereocenters. The summed E-state index contributed by atoms with van der Waals surface area (Å²) >= 11 is 0. The summed E-state index contributed by atoms with van der Waals surface area (Å²) in [5, 5.41) is 4.15. The molecule has 5 nitrogen and oxygen atoms in total. The summed E-state index contributed by atoms with van der Waals surface area (Å²) < 4.78 is 16.9. The van der Waals surface area contributed by atoms with Crippen LogP contribution in [-0.2, 0) is 23.2 Å². The van der Waals surface area contributed by atoms with Crippen molar-refractivity contribution in [3.8, 4) is 0 Å². The van der Waals surface area contributed by atoms with Gasteiger partial charge < -0.3 is 0 Å². The monoisotopic (exact) mass is 243 g/mol. The number of hydrogen-bond acceptors (Lipinski definition) is 3. The summed E-state index contributed by atoms with van der Waals surface area (Å²) in [6.45, 7) is 3.71. The average Bonchev–Trinajstić information content (AvgIpc) is 2.59. The van der Waals surface area contributed by atoms with E-state index in [1.165, 1.54) is 10.9 Å². The molecule has 0 aliphatic carbocycles. The standard InChI is InChI=1S/C10H17N3O2S/c1-5-8-7-9(13(3)11-8)10(14)12-16(4,15)6-2/h7H,5-6H2,1-4H3. The molecule has 1 heterocycles. The van der Waals surface area contributed by atoms with Crippen molar-refractivity contribution >= 4 is 15.6 Å². The zero-order valence-electron chi connectivity index (χ0n) is 10.1. The third kappa shape index (κ3) is 2.91. The lowest BCUT2D eigenvalue weighted by atomic mass is 10.3. The first-order chi connectivity index (χ1) is 7.39. The average molecular weight is 243 g/mol. The number of carbonyl (C=O) groups is 1. The van der Waals surface area contributed by atoms with Crippen molar-refractivity contribution < 1.29 is 9.00 Å². The number of aryl methyl sites for hydroxylation is 2. The minimum absolute atomic E-state index is 0.372. The summed E-state index contributed by atoms with van der Waals surface area (Å²) in [5.74, 6) is -0.0823. The molecule has 1 unspecified atom stereocenters. The number of nitrogens with zero attached hydrogens (tertiary/aromatic N) is 3. The molecule has 1 amide bonds. The molecule has 16 heavy (non-hydrogen) atoms. The summed E-state index contributed by atoms with van der Waals surface area (Å²) in [7, 11) is -0.711. The van der Waals surface area contributed by atoms with Gasteiger partial charge in [0, 0.05) is 19.1 Å². The van der Waals surface area contributed by atoms with Crippen LogP contribution >= 0.6 is 0 Å². The molecule has 90 valence electrons. The van der Waals surface area contributed by atoms with Gasteiger partial charge in [0.2, 0.25) is 0 Å². The highest BCUT2D eigenvalue weighted by Crippen LogP contribution is 2.07. The minimum atomic E-state index is -2.40. The van der Waals surface area contributed by atoms with Gasteiger partial charge in [-0.25, -0.2) is 4.21 Å². The van der Waals surface area contributed by atoms with Crippen LogP contribution in [0.1, 0.15) is 30.0 Å². The quantitative estimate of drug-likeness (QED) is 0.802. The summed E-state index contributed by atoms with van der Waals surface area (Å²) in [6.07, 6.45) is 2.25. The van der Waals surface area contributed by atoms with E-state index in [2.05, 4.69) is 9.46 Å². The van der Waals surface area contributed by atoms with Crippen molar-refractivity contribution in [2.75, 3.05) is 12.0 Å². The minimum Gasteiger partial charge on any atom is -0.264 e. The fraction of sp³-hybridized carbons (Fsp3) is 0.600. The highest BCUT2D eigenvalue weighted by Gasteiger charge is 2.13. The van der Waals surface area contributed by atoms with E-state index in [1.54, 1.807) is 20.0 Å². The molecule has 0 fully saturated rings. The second kappa shape index (κ2) is 4.78. The molecule has 0 spiro atoms. The van der Waals surface area contributed by atoms with E-state index in [-0.39, 0.29) is 0 Å². The lowest BCUT2D eigenvalue weighted by molar-refractivity contribution is 0.0996. The third-order valence-electron chi connectivity index (χ3n) is 2.32. The van der Waals surface area contributed by atoms with Gasteiger partial charge in [-0.2, -0.15) is 9.46 Å². The van der Waals surface area contributed by atoms with Gasteiger partial charge in [-0.1, -0.05) is 13.8 Å². The first-order valence-electron chi connectivity index (χ1n) is 5.16. The number of hydrogen-bond donors (Lipinski definition) is 0. The van der Waals surface area contributed by atoms with E-state index in [9.17, 15) is 9.00 Å². The van der Waals surface area contributed by atoms with E-state index in [0.29, 0.717) is 11.4 Å². The SMILES string of the molecule is CCc1cc(C(=O)N=S(C)(=O)CC)n(C)n1. The van der Waals surface area contributed by atoms with E-state index < -0.39 is 15.6 Å². The van der Waals surface area contributed by atoms with E-state index in [1.807, 2.05) is 6.92 Å². The Bertz CT molecular complexity index is 510. The molecule has 0 radical (unpaired) electrons. The highest BCUT2D eigenvalue weighted by atomic mass is 32.2. The van der Waals surface area contributed by atoms with E-state index in [0.717, 1.165) is 12.1 Å². The fourth-order valence-electron chi connectivity index (χ4n) is 1.19. The second-order valence-electron chi connectivity index (χ2n) is 3.64. The molecule has 0 saturated heterocycles. The molecule has 0 aliphatic rings. The van der Waals surface area contributed by atoms with Crippen molar-refractivity contribution in [1.29, 1.82) is 0 Å². The zero-order valence-corrected chi connectivity index (χ0v) is 10.9. The van der Waals surface area contributed by atoms with Crippen LogP contribution < -0.4 is 0 Å². The van der Waals surface area contributed by atoms with Crippen LogP contribution in [0.5, 0.6) is 0 Å². The smallest absolute Gasteiger partial charge is 0.264 e. The molecule has 0 N–H and O–H groups in total. The Hall–Kier alpha value is -1.17. The van der Waals surface area contributed by atoms with Crippen molar-refractivity contribution in [3.05, 3.63) is 17.5 Å². The maximum atomic E-state index is 11.8. The molecule has 6 heteroatoms. The van der Waals surface area contributed by atoms with Gasteiger partial charge >= 0.3 is 5.91 Å². The molecule has 0 saturated carbocycles. The maximum Gasteiger partial charge on any atom is 0.303 e. The number of aromatic nitrogens is 2. The largest absolute Gasteiger partial charge is 0.303 e. The lowest BCUT2D eigenvalue weighted by Crippen LogP contribution is -2.09. The van der Waals surface area contributed by atoms with Crippen LogP contribution in [0.3, 0.4) is 0 Å². The molecule has 0 aliphatic heterocycles. The van der Waals surface area contributed by atoms with Gasteiger partial charge in [0.15, 0.2) is 0 Å². The molecular weight excluding hydrogens is 226 g/mol. The normalized spacial score (nSPS) is 14.5. The van der Waals surface area contributed by atoms with Gasteiger partial charge in [-0.15, -0.1) is 0 Å².